The van der Waals surface area contributed by atoms with Gasteiger partial charge < -0.3 is 10.2 Å². The van der Waals surface area contributed by atoms with Crippen LogP contribution in [0.2, 0.25) is 0 Å². The van der Waals surface area contributed by atoms with Crippen molar-refractivity contribution in [2.45, 2.75) is 43.6 Å². The lowest BCUT2D eigenvalue weighted by Crippen LogP contribution is -2.41. The first kappa shape index (κ1) is 12.7. The molecule has 2 aliphatic rings. The molecule has 0 aromatic rings. The number of nitrogens with zero attached hydrogens (tertiary/aromatic N) is 1. The van der Waals surface area contributed by atoms with Gasteiger partial charge in [0.25, 0.3) is 0 Å². The summed E-state index contributed by atoms with van der Waals surface area (Å²) < 4.78 is 0. The van der Waals surface area contributed by atoms with Gasteiger partial charge in [0.1, 0.15) is 0 Å². The largest absolute Gasteiger partial charge is 0.317 e. The highest BCUT2D eigenvalue weighted by Crippen LogP contribution is 2.25. The SMILES string of the molecule is CC1CN(CCC2CCNCC2)CC(C)S1. The van der Waals surface area contributed by atoms with Crippen LogP contribution in [-0.2, 0) is 0 Å². The van der Waals surface area contributed by atoms with Gasteiger partial charge in [0, 0.05) is 23.6 Å². The maximum atomic E-state index is 3.45. The van der Waals surface area contributed by atoms with Crippen LogP contribution in [0.25, 0.3) is 0 Å². The van der Waals surface area contributed by atoms with Crippen LogP contribution in [0.4, 0.5) is 0 Å². The molecule has 0 aromatic carbocycles. The third kappa shape index (κ3) is 3.94. The average Bonchev–Trinajstić information content (AvgIpc) is 2.27. The van der Waals surface area contributed by atoms with Crippen LogP contribution in [0, 0.1) is 5.92 Å². The molecule has 0 radical (unpaired) electrons. The van der Waals surface area contributed by atoms with Crippen molar-refractivity contribution in [3.63, 3.8) is 0 Å². The van der Waals surface area contributed by atoms with Crippen molar-refractivity contribution in [1.82, 2.24) is 10.2 Å². The topological polar surface area (TPSA) is 15.3 Å². The molecule has 0 saturated carbocycles. The van der Waals surface area contributed by atoms with Gasteiger partial charge in [0.15, 0.2) is 0 Å². The summed E-state index contributed by atoms with van der Waals surface area (Å²) in [6, 6.07) is 0. The molecule has 2 rings (SSSR count). The Morgan fingerprint density at radius 3 is 2.38 bits per heavy atom. The Morgan fingerprint density at radius 1 is 1.12 bits per heavy atom. The van der Waals surface area contributed by atoms with Crippen molar-refractivity contribution < 1.29 is 0 Å². The number of piperidine rings is 1. The van der Waals surface area contributed by atoms with E-state index in [1.54, 1.807) is 0 Å². The van der Waals surface area contributed by atoms with Crippen LogP contribution in [0.3, 0.4) is 0 Å². The Morgan fingerprint density at radius 2 is 1.75 bits per heavy atom. The van der Waals surface area contributed by atoms with Crippen LogP contribution in [-0.4, -0.2) is 48.1 Å². The van der Waals surface area contributed by atoms with E-state index < -0.39 is 0 Å². The van der Waals surface area contributed by atoms with Crippen LogP contribution < -0.4 is 5.32 Å². The summed E-state index contributed by atoms with van der Waals surface area (Å²) in [6.07, 6.45) is 4.22. The first-order chi connectivity index (χ1) is 7.74. The van der Waals surface area contributed by atoms with Crippen LogP contribution in [0.15, 0.2) is 0 Å². The van der Waals surface area contributed by atoms with E-state index >= 15 is 0 Å². The van der Waals surface area contributed by atoms with Gasteiger partial charge in [-0.3, -0.25) is 0 Å². The molecule has 0 amide bonds. The van der Waals surface area contributed by atoms with Crippen LogP contribution in [0.5, 0.6) is 0 Å². The molecule has 94 valence electrons. The minimum absolute atomic E-state index is 0.830. The van der Waals surface area contributed by atoms with Crippen LogP contribution >= 0.6 is 11.8 Å². The molecule has 2 fully saturated rings. The van der Waals surface area contributed by atoms with E-state index in [1.807, 2.05) is 0 Å². The Balaban J connectivity index is 1.68. The molecule has 0 spiro atoms. The first-order valence-corrected chi connectivity index (χ1v) is 7.77. The van der Waals surface area contributed by atoms with Crippen molar-refractivity contribution in [2.75, 3.05) is 32.7 Å². The van der Waals surface area contributed by atoms with E-state index in [0.29, 0.717) is 0 Å². The molecular weight excluding hydrogens is 216 g/mol. The molecule has 2 aliphatic heterocycles. The van der Waals surface area contributed by atoms with Gasteiger partial charge in [0.05, 0.1) is 0 Å². The van der Waals surface area contributed by atoms with E-state index in [2.05, 4.69) is 35.8 Å². The summed E-state index contributed by atoms with van der Waals surface area (Å²) in [7, 11) is 0. The first-order valence-electron chi connectivity index (χ1n) is 6.82. The second-order valence-corrected chi connectivity index (χ2v) is 7.38. The third-order valence-corrected chi connectivity index (χ3v) is 5.03. The lowest BCUT2D eigenvalue weighted by atomic mass is 9.94. The average molecular weight is 242 g/mol. The molecule has 2 heterocycles. The molecule has 2 saturated heterocycles. The molecule has 1 N–H and O–H groups in total. The zero-order chi connectivity index (χ0) is 11.4. The zero-order valence-electron chi connectivity index (χ0n) is 10.7. The smallest absolute Gasteiger partial charge is 0.0149 e. The van der Waals surface area contributed by atoms with E-state index in [-0.39, 0.29) is 0 Å². The Hall–Kier alpha value is 0.270. The van der Waals surface area contributed by atoms with E-state index in [9.17, 15) is 0 Å². The summed E-state index contributed by atoms with van der Waals surface area (Å²) in [4.78, 5) is 2.69. The predicted octanol–water partition coefficient (Wildman–Crippen LogP) is 2.20. The fourth-order valence-corrected chi connectivity index (χ4v) is 4.39. The van der Waals surface area contributed by atoms with Crippen molar-refractivity contribution >= 4 is 11.8 Å². The van der Waals surface area contributed by atoms with Gasteiger partial charge in [-0.15, -0.1) is 0 Å². The van der Waals surface area contributed by atoms with Gasteiger partial charge in [-0.1, -0.05) is 13.8 Å². The highest BCUT2D eigenvalue weighted by Gasteiger charge is 2.23. The molecule has 0 aliphatic carbocycles. The monoisotopic (exact) mass is 242 g/mol. The molecule has 2 nitrogen and oxygen atoms in total. The predicted molar refractivity (Wildman–Crippen MR) is 73.2 cm³/mol. The number of hydrogen-bond donors (Lipinski definition) is 1. The molecule has 0 aromatic heterocycles. The van der Waals surface area contributed by atoms with Gasteiger partial charge in [-0.2, -0.15) is 11.8 Å². The Labute approximate surface area is 105 Å². The second-order valence-electron chi connectivity index (χ2n) is 5.50. The van der Waals surface area contributed by atoms with Gasteiger partial charge in [-0.25, -0.2) is 0 Å². The van der Waals surface area contributed by atoms with Gasteiger partial charge >= 0.3 is 0 Å². The van der Waals surface area contributed by atoms with Crippen LogP contribution in [0.1, 0.15) is 33.1 Å². The Bertz CT molecular complexity index is 194. The molecule has 3 heteroatoms. The minimum atomic E-state index is 0.830. The van der Waals surface area contributed by atoms with E-state index in [4.69, 9.17) is 0 Å². The van der Waals surface area contributed by atoms with Crippen molar-refractivity contribution in [3.8, 4) is 0 Å². The fraction of sp³-hybridized carbons (Fsp3) is 1.00. The molecule has 2 unspecified atom stereocenters. The van der Waals surface area contributed by atoms with E-state index in [0.717, 1.165) is 16.4 Å². The summed E-state index contributed by atoms with van der Waals surface area (Å²) >= 11 is 2.15. The molecule has 2 atom stereocenters. The number of rotatable bonds is 3. The van der Waals surface area contributed by atoms with Gasteiger partial charge in [0.2, 0.25) is 0 Å². The molecule has 16 heavy (non-hydrogen) atoms. The van der Waals surface area contributed by atoms with E-state index in [1.165, 1.54) is 52.0 Å². The maximum absolute atomic E-state index is 3.45. The quantitative estimate of drug-likeness (QED) is 0.817. The van der Waals surface area contributed by atoms with Crippen molar-refractivity contribution in [3.05, 3.63) is 0 Å². The Kier molecular flexibility index (Phi) is 4.98. The maximum Gasteiger partial charge on any atom is 0.0149 e. The lowest BCUT2D eigenvalue weighted by molar-refractivity contribution is 0.233. The summed E-state index contributed by atoms with van der Waals surface area (Å²) in [6.45, 7) is 11.2. The highest BCUT2D eigenvalue weighted by molar-refractivity contribution is 8.00. The summed E-state index contributed by atoms with van der Waals surface area (Å²) in [5.74, 6) is 0.987. The number of hydrogen-bond acceptors (Lipinski definition) is 3. The van der Waals surface area contributed by atoms with Gasteiger partial charge in [-0.05, 0) is 44.8 Å². The zero-order valence-corrected chi connectivity index (χ0v) is 11.6. The molecule has 0 bridgehead atoms. The fourth-order valence-electron chi connectivity index (χ4n) is 3.00. The van der Waals surface area contributed by atoms with Crippen molar-refractivity contribution in [1.29, 1.82) is 0 Å². The van der Waals surface area contributed by atoms with Crippen molar-refractivity contribution in [2.24, 2.45) is 5.92 Å². The minimum Gasteiger partial charge on any atom is -0.317 e. The number of thioether (sulfide) groups is 1. The number of nitrogens with one attached hydrogen (secondary N) is 1. The molecular formula is C13H26N2S. The lowest BCUT2D eigenvalue weighted by Gasteiger charge is -2.35. The summed E-state index contributed by atoms with van der Waals surface area (Å²) in [5, 5.41) is 5.11. The summed E-state index contributed by atoms with van der Waals surface area (Å²) in [5.41, 5.74) is 0. The highest BCUT2D eigenvalue weighted by atomic mass is 32.2. The normalized spacial score (nSPS) is 34.1. The second kappa shape index (κ2) is 6.27. The third-order valence-electron chi connectivity index (χ3n) is 3.81. The standard InChI is InChI=1S/C13H26N2S/c1-11-9-15(10-12(2)16-11)8-5-13-3-6-14-7-4-13/h11-14H,3-10H2,1-2H3.